The van der Waals surface area contributed by atoms with Crippen molar-refractivity contribution in [3.8, 4) is 0 Å². The molecule has 12 heavy (non-hydrogen) atoms. The summed E-state index contributed by atoms with van der Waals surface area (Å²) in [5.41, 5.74) is 1.65. The molecule has 1 aromatic rings. The van der Waals surface area contributed by atoms with E-state index in [1.165, 1.54) is 0 Å². The average Bonchev–Trinajstić information content (AvgIpc) is 2.15. The number of hydrogen-bond acceptors (Lipinski definition) is 2. The molecule has 0 aliphatic heterocycles. The van der Waals surface area contributed by atoms with E-state index in [1.54, 1.807) is 12.3 Å². The number of rotatable bonds is 4. The van der Waals surface area contributed by atoms with Gasteiger partial charge >= 0.3 is 0 Å². The lowest BCUT2D eigenvalue weighted by atomic mass is 10.1. The van der Waals surface area contributed by atoms with E-state index in [1.807, 2.05) is 6.07 Å². The van der Waals surface area contributed by atoms with Crippen LogP contribution in [0.1, 0.15) is 35.8 Å². The predicted octanol–water partition coefficient (Wildman–Crippen LogP) is 2.24. The highest BCUT2D eigenvalue weighted by atomic mass is 16.1. The van der Waals surface area contributed by atoms with Crippen LogP contribution in [0.2, 0.25) is 0 Å². The molecule has 0 amide bonds. The van der Waals surface area contributed by atoms with Crippen molar-refractivity contribution in [3.05, 3.63) is 29.6 Å². The van der Waals surface area contributed by atoms with Crippen LogP contribution in [0.25, 0.3) is 0 Å². The minimum atomic E-state index is 0.728. The number of carbonyl (C=O) groups excluding carboxylic acids is 1. The van der Waals surface area contributed by atoms with Gasteiger partial charge in [0.25, 0.3) is 0 Å². The van der Waals surface area contributed by atoms with Gasteiger partial charge in [0.1, 0.15) is 0 Å². The Kier molecular flexibility index (Phi) is 3.45. The summed E-state index contributed by atoms with van der Waals surface area (Å²) in [7, 11) is 0. The van der Waals surface area contributed by atoms with Crippen LogP contribution in [0, 0.1) is 0 Å². The molecule has 0 unspecified atom stereocenters. The maximum Gasteiger partial charge on any atom is 0.151 e. The van der Waals surface area contributed by atoms with E-state index in [0.717, 1.165) is 36.8 Å². The molecule has 0 saturated heterocycles. The maximum atomic E-state index is 10.6. The summed E-state index contributed by atoms with van der Waals surface area (Å²) in [5, 5.41) is 0. The average molecular weight is 163 g/mol. The van der Waals surface area contributed by atoms with E-state index in [0.29, 0.717) is 0 Å². The van der Waals surface area contributed by atoms with Gasteiger partial charge in [0.2, 0.25) is 0 Å². The van der Waals surface area contributed by atoms with Crippen LogP contribution < -0.4 is 0 Å². The predicted molar refractivity (Wildman–Crippen MR) is 48.2 cm³/mol. The molecule has 0 fully saturated rings. The molecule has 64 valence electrons. The topological polar surface area (TPSA) is 30.0 Å². The van der Waals surface area contributed by atoms with Crippen LogP contribution in [0.5, 0.6) is 0 Å². The summed E-state index contributed by atoms with van der Waals surface area (Å²) in [5.74, 6) is 0. The second kappa shape index (κ2) is 4.65. The van der Waals surface area contributed by atoms with Gasteiger partial charge in [-0.2, -0.15) is 0 Å². The Balaban J connectivity index is 2.75. The van der Waals surface area contributed by atoms with E-state index in [9.17, 15) is 4.79 Å². The van der Waals surface area contributed by atoms with Crippen molar-refractivity contribution in [2.45, 2.75) is 26.2 Å². The van der Waals surface area contributed by atoms with Gasteiger partial charge in [-0.3, -0.25) is 9.78 Å². The molecule has 2 heteroatoms. The highest BCUT2D eigenvalue weighted by Crippen LogP contribution is 2.06. The normalized spacial score (nSPS) is 9.75. The summed E-state index contributed by atoms with van der Waals surface area (Å²) in [6, 6.07) is 3.60. The van der Waals surface area contributed by atoms with Crippen molar-refractivity contribution in [2.24, 2.45) is 0 Å². The molecule has 0 radical (unpaired) electrons. The van der Waals surface area contributed by atoms with Crippen LogP contribution >= 0.6 is 0 Å². The van der Waals surface area contributed by atoms with Crippen molar-refractivity contribution >= 4 is 6.29 Å². The summed E-state index contributed by atoms with van der Waals surface area (Å²) < 4.78 is 0. The largest absolute Gasteiger partial charge is 0.298 e. The number of carbonyl (C=O) groups is 1. The fourth-order valence-corrected chi connectivity index (χ4v) is 1.11. The smallest absolute Gasteiger partial charge is 0.151 e. The van der Waals surface area contributed by atoms with E-state index in [2.05, 4.69) is 11.9 Å². The maximum absolute atomic E-state index is 10.6. The van der Waals surface area contributed by atoms with Gasteiger partial charge in [-0.15, -0.1) is 0 Å². The third-order valence-corrected chi connectivity index (χ3v) is 1.82. The lowest BCUT2D eigenvalue weighted by Gasteiger charge is -2.00. The molecule has 1 rings (SSSR count). The van der Waals surface area contributed by atoms with E-state index in [4.69, 9.17) is 0 Å². The monoisotopic (exact) mass is 163 g/mol. The van der Waals surface area contributed by atoms with Crippen LogP contribution in [0.15, 0.2) is 18.3 Å². The second-order valence-electron chi connectivity index (χ2n) is 2.76. The Hall–Kier alpha value is -1.18. The molecule has 1 heterocycles. The standard InChI is InChI=1S/C10H13NO/c1-2-3-6-10-9(8-12)5-4-7-11-10/h4-5,7-8H,2-3,6H2,1H3. The fraction of sp³-hybridized carbons (Fsp3) is 0.400. The Morgan fingerprint density at radius 2 is 2.42 bits per heavy atom. The minimum Gasteiger partial charge on any atom is -0.298 e. The SMILES string of the molecule is CCCCc1ncccc1C=O. The van der Waals surface area contributed by atoms with Gasteiger partial charge in [-0.25, -0.2) is 0 Å². The van der Waals surface area contributed by atoms with Crippen molar-refractivity contribution in [1.82, 2.24) is 4.98 Å². The first-order chi connectivity index (χ1) is 5.88. The zero-order valence-electron chi connectivity index (χ0n) is 7.29. The number of aromatic nitrogens is 1. The van der Waals surface area contributed by atoms with E-state index >= 15 is 0 Å². The highest BCUT2D eigenvalue weighted by Gasteiger charge is 1.99. The number of hydrogen-bond donors (Lipinski definition) is 0. The molecule has 0 N–H and O–H groups in total. The summed E-state index contributed by atoms with van der Waals surface area (Å²) >= 11 is 0. The summed E-state index contributed by atoms with van der Waals surface area (Å²) in [6.45, 7) is 2.13. The first-order valence-electron chi connectivity index (χ1n) is 4.27. The number of aryl methyl sites for hydroxylation is 1. The molecule has 0 atom stereocenters. The molecule has 0 bridgehead atoms. The van der Waals surface area contributed by atoms with Gasteiger partial charge in [0, 0.05) is 11.8 Å². The van der Waals surface area contributed by atoms with Crippen molar-refractivity contribution in [2.75, 3.05) is 0 Å². The van der Waals surface area contributed by atoms with Gasteiger partial charge in [-0.05, 0) is 25.0 Å². The molecule has 1 aromatic heterocycles. The van der Waals surface area contributed by atoms with Gasteiger partial charge in [0.15, 0.2) is 6.29 Å². The third-order valence-electron chi connectivity index (χ3n) is 1.82. The molecular formula is C10H13NO. The van der Waals surface area contributed by atoms with Crippen molar-refractivity contribution < 1.29 is 4.79 Å². The lowest BCUT2D eigenvalue weighted by molar-refractivity contribution is 0.112. The molecule has 0 spiro atoms. The number of nitrogens with zero attached hydrogens (tertiary/aromatic N) is 1. The molecule has 2 nitrogen and oxygen atoms in total. The summed E-state index contributed by atoms with van der Waals surface area (Å²) in [6.07, 6.45) is 5.74. The Morgan fingerprint density at radius 3 is 3.08 bits per heavy atom. The van der Waals surface area contributed by atoms with Gasteiger partial charge in [-0.1, -0.05) is 13.3 Å². The fourth-order valence-electron chi connectivity index (χ4n) is 1.11. The molecule has 0 aromatic carbocycles. The van der Waals surface area contributed by atoms with Gasteiger partial charge < -0.3 is 0 Å². The lowest BCUT2D eigenvalue weighted by Crippen LogP contribution is -1.95. The molecular weight excluding hydrogens is 150 g/mol. The highest BCUT2D eigenvalue weighted by molar-refractivity contribution is 5.76. The van der Waals surface area contributed by atoms with Crippen LogP contribution in [-0.2, 0) is 6.42 Å². The Bertz CT molecular complexity index is 258. The zero-order chi connectivity index (χ0) is 8.81. The zero-order valence-corrected chi connectivity index (χ0v) is 7.29. The number of pyridine rings is 1. The molecule has 0 saturated carbocycles. The second-order valence-corrected chi connectivity index (χ2v) is 2.76. The van der Waals surface area contributed by atoms with Gasteiger partial charge in [0.05, 0.1) is 5.69 Å². The first-order valence-corrected chi connectivity index (χ1v) is 4.27. The quantitative estimate of drug-likeness (QED) is 0.637. The van der Waals surface area contributed by atoms with E-state index < -0.39 is 0 Å². The Morgan fingerprint density at radius 1 is 1.58 bits per heavy atom. The third kappa shape index (κ3) is 2.16. The first kappa shape index (κ1) is 8.91. The number of unbranched alkanes of at least 4 members (excludes halogenated alkanes) is 1. The van der Waals surface area contributed by atoms with Crippen molar-refractivity contribution in [3.63, 3.8) is 0 Å². The summed E-state index contributed by atoms with van der Waals surface area (Å²) in [4.78, 5) is 14.7. The number of aldehydes is 1. The van der Waals surface area contributed by atoms with Crippen molar-refractivity contribution in [1.29, 1.82) is 0 Å². The molecule has 0 aliphatic carbocycles. The minimum absolute atomic E-state index is 0.728. The Labute approximate surface area is 72.6 Å². The van der Waals surface area contributed by atoms with Crippen LogP contribution in [-0.4, -0.2) is 11.3 Å². The molecule has 0 aliphatic rings. The van der Waals surface area contributed by atoms with Crippen LogP contribution in [0.3, 0.4) is 0 Å². The van der Waals surface area contributed by atoms with Crippen LogP contribution in [0.4, 0.5) is 0 Å². The van der Waals surface area contributed by atoms with E-state index in [-0.39, 0.29) is 0 Å².